The molecule has 1 N–H and O–H groups in total. The van der Waals surface area contributed by atoms with Crippen LogP contribution in [0, 0.1) is 5.92 Å². The summed E-state index contributed by atoms with van der Waals surface area (Å²) in [5.74, 6) is -0.943. The molecule has 0 atom stereocenters. The first kappa shape index (κ1) is 9.45. The lowest BCUT2D eigenvalue weighted by molar-refractivity contribution is -0.142. The summed E-state index contributed by atoms with van der Waals surface area (Å²) in [5, 5.41) is 8.72. The Labute approximate surface area is 89.7 Å². The molecule has 0 aromatic carbocycles. The monoisotopic (exact) mass is 256 g/mol. The molecule has 4 nitrogen and oxygen atoms in total. The van der Waals surface area contributed by atoms with Crippen LogP contribution in [-0.2, 0) is 4.79 Å². The lowest BCUT2D eigenvalue weighted by Gasteiger charge is -2.38. The molecule has 5 heteroatoms. The highest BCUT2D eigenvalue weighted by Crippen LogP contribution is 2.30. The van der Waals surface area contributed by atoms with Crippen LogP contribution in [0.4, 0.5) is 5.69 Å². The molecule has 0 unspecified atom stereocenters. The number of rotatable bonds is 2. The normalized spacial score (nSPS) is 16.5. The van der Waals surface area contributed by atoms with Gasteiger partial charge in [-0.25, -0.2) is 0 Å². The number of aromatic nitrogens is 1. The molecule has 1 saturated heterocycles. The standard InChI is InChI=1S/C9H9BrN2O2/c10-7-3-11-2-1-8(7)12-4-6(5-12)9(13)14/h1-3,6H,4-5H2,(H,13,14). The van der Waals surface area contributed by atoms with Crippen molar-refractivity contribution in [3.05, 3.63) is 22.9 Å². The topological polar surface area (TPSA) is 53.4 Å². The number of aliphatic carboxylic acids is 1. The fraction of sp³-hybridized carbons (Fsp3) is 0.333. The van der Waals surface area contributed by atoms with Crippen LogP contribution in [0.1, 0.15) is 0 Å². The summed E-state index contributed by atoms with van der Waals surface area (Å²) < 4.78 is 0.906. The highest BCUT2D eigenvalue weighted by Gasteiger charge is 2.33. The molecule has 14 heavy (non-hydrogen) atoms. The van der Waals surface area contributed by atoms with E-state index in [-0.39, 0.29) is 5.92 Å². The second kappa shape index (κ2) is 3.57. The third-order valence-electron chi connectivity index (χ3n) is 2.32. The van der Waals surface area contributed by atoms with Crippen molar-refractivity contribution in [2.45, 2.75) is 0 Å². The number of pyridine rings is 1. The summed E-state index contributed by atoms with van der Waals surface area (Å²) in [7, 11) is 0. The molecule has 0 amide bonds. The fourth-order valence-electron chi connectivity index (χ4n) is 1.46. The van der Waals surface area contributed by atoms with Gasteiger partial charge in [-0.2, -0.15) is 0 Å². The molecule has 2 heterocycles. The quantitative estimate of drug-likeness (QED) is 0.869. The minimum Gasteiger partial charge on any atom is -0.481 e. The summed E-state index contributed by atoms with van der Waals surface area (Å²) in [4.78, 5) is 16.6. The van der Waals surface area contributed by atoms with Crippen LogP contribution in [0.15, 0.2) is 22.9 Å². The van der Waals surface area contributed by atoms with E-state index in [1.54, 1.807) is 12.4 Å². The Bertz CT molecular complexity index is 364. The third-order valence-corrected chi connectivity index (χ3v) is 2.93. The summed E-state index contributed by atoms with van der Waals surface area (Å²) >= 11 is 3.38. The average Bonchev–Trinajstić information content (AvgIpc) is 2.05. The lowest BCUT2D eigenvalue weighted by atomic mass is 10.00. The maximum absolute atomic E-state index is 10.6. The first-order valence-electron chi connectivity index (χ1n) is 4.26. The van der Waals surface area contributed by atoms with Crippen molar-refractivity contribution in [1.82, 2.24) is 4.98 Å². The van der Waals surface area contributed by atoms with Crippen LogP contribution < -0.4 is 4.90 Å². The Kier molecular flexibility index (Phi) is 2.41. The third kappa shape index (κ3) is 1.59. The van der Waals surface area contributed by atoms with Gasteiger partial charge in [0.25, 0.3) is 0 Å². The molecule has 1 aliphatic heterocycles. The zero-order valence-corrected chi connectivity index (χ0v) is 8.94. The number of hydrogen-bond donors (Lipinski definition) is 1. The Morgan fingerprint density at radius 3 is 2.93 bits per heavy atom. The number of hydrogen-bond acceptors (Lipinski definition) is 3. The van der Waals surface area contributed by atoms with Gasteiger partial charge >= 0.3 is 5.97 Å². The van der Waals surface area contributed by atoms with Crippen molar-refractivity contribution in [2.24, 2.45) is 5.92 Å². The van der Waals surface area contributed by atoms with Crippen molar-refractivity contribution in [3.8, 4) is 0 Å². The molecular formula is C9H9BrN2O2. The highest BCUT2D eigenvalue weighted by molar-refractivity contribution is 9.10. The van der Waals surface area contributed by atoms with Crippen LogP contribution in [0.5, 0.6) is 0 Å². The van der Waals surface area contributed by atoms with Crippen molar-refractivity contribution < 1.29 is 9.90 Å². The second-order valence-corrected chi connectivity index (χ2v) is 4.12. The van der Waals surface area contributed by atoms with Gasteiger partial charge in [-0.1, -0.05) is 0 Å². The van der Waals surface area contributed by atoms with Crippen LogP contribution >= 0.6 is 15.9 Å². The van der Waals surface area contributed by atoms with E-state index in [0.29, 0.717) is 13.1 Å². The molecule has 0 aliphatic carbocycles. The van der Waals surface area contributed by atoms with Crippen molar-refractivity contribution >= 4 is 27.6 Å². The molecule has 0 radical (unpaired) electrons. The maximum atomic E-state index is 10.6. The number of anilines is 1. The van der Waals surface area contributed by atoms with Gasteiger partial charge in [0.2, 0.25) is 0 Å². The molecule has 1 aromatic heterocycles. The van der Waals surface area contributed by atoms with E-state index in [4.69, 9.17) is 5.11 Å². The molecule has 1 aliphatic rings. The summed E-state index contributed by atoms with van der Waals surface area (Å²) in [6, 6.07) is 1.88. The van der Waals surface area contributed by atoms with Crippen LogP contribution in [0.25, 0.3) is 0 Å². The van der Waals surface area contributed by atoms with Gasteiger partial charge in [0.1, 0.15) is 0 Å². The minimum absolute atomic E-state index is 0.227. The van der Waals surface area contributed by atoms with E-state index in [1.165, 1.54) is 0 Å². The van der Waals surface area contributed by atoms with Gasteiger partial charge in [0.15, 0.2) is 0 Å². The number of halogens is 1. The van der Waals surface area contributed by atoms with E-state index in [0.717, 1.165) is 10.2 Å². The minimum atomic E-state index is -0.716. The Morgan fingerprint density at radius 1 is 1.64 bits per heavy atom. The highest BCUT2D eigenvalue weighted by atomic mass is 79.9. The van der Waals surface area contributed by atoms with Crippen LogP contribution in [0.3, 0.4) is 0 Å². The Morgan fingerprint density at radius 2 is 2.36 bits per heavy atom. The second-order valence-electron chi connectivity index (χ2n) is 3.27. The molecular weight excluding hydrogens is 248 g/mol. The Balaban J connectivity index is 2.07. The van der Waals surface area contributed by atoms with Crippen molar-refractivity contribution in [1.29, 1.82) is 0 Å². The fourth-order valence-corrected chi connectivity index (χ4v) is 1.96. The summed E-state index contributed by atoms with van der Waals surface area (Å²) in [5.41, 5.74) is 1.01. The van der Waals surface area contributed by atoms with Gasteiger partial charge < -0.3 is 10.0 Å². The molecule has 0 saturated carbocycles. The molecule has 2 rings (SSSR count). The largest absolute Gasteiger partial charge is 0.481 e. The van der Waals surface area contributed by atoms with Crippen molar-refractivity contribution in [2.75, 3.05) is 18.0 Å². The van der Waals surface area contributed by atoms with E-state index in [2.05, 4.69) is 20.9 Å². The number of carboxylic acids is 1. The van der Waals surface area contributed by atoms with Crippen LogP contribution in [0.2, 0.25) is 0 Å². The molecule has 1 fully saturated rings. The molecule has 0 bridgehead atoms. The zero-order chi connectivity index (χ0) is 10.1. The predicted octanol–water partition coefficient (Wildman–Crippen LogP) is 1.36. The number of nitrogens with zero attached hydrogens (tertiary/aromatic N) is 2. The zero-order valence-electron chi connectivity index (χ0n) is 7.35. The van der Waals surface area contributed by atoms with E-state index in [1.807, 2.05) is 11.0 Å². The van der Waals surface area contributed by atoms with E-state index < -0.39 is 5.97 Å². The smallest absolute Gasteiger partial charge is 0.310 e. The number of carboxylic acid groups (broad SMARTS) is 1. The molecule has 1 aromatic rings. The van der Waals surface area contributed by atoms with Gasteiger partial charge in [0.05, 0.1) is 16.1 Å². The first-order chi connectivity index (χ1) is 6.68. The summed E-state index contributed by atoms with van der Waals surface area (Å²) in [6.45, 7) is 1.16. The summed E-state index contributed by atoms with van der Waals surface area (Å²) in [6.07, 6.45) is 3.41. The van der Waals surface area contributed by atoms with Gasteiger partial charge in [0, 0.05) is 25.5 Å². The van der Waals surface area contributed by atoms with Gasteiger partial charge in [-0.05, 0) is 22.0 Å². The van der Waals surface area contributed by atoms with E-state index >= 15 is 0 Å². The van der Waals surface area contributed by atoms with Gasteiger partial charge in [-0.3, -0.25) is 9.78 Å². The maximum Gasteiger partial charge on any atom is 0.310 e. The predicted molar refractivity (Wildman–Crippen MR) is 55.3 cm³/mol. The van der Waals surface area contributed by atoms with Gasteiger partial charge in [-0.15, -0.1) is 0 Å². The van der Waals surface area contributed by atoms with Crippen LogP contribution in [-0.4, -0.2) is 29.1 Å². The Hall–Kier alpha value is -1.10. The van der Waals surface area contributed by atoms with Crippen molar-refractivity contribution in [3.63, 3.8) is 0 Å². The lowest BCUT2D eigenvalue weighted by Crippen LogP contribution is -2.50. The molecule has 74 valence electrons. The van der Waals surface area contributed by atoms with E-state index in [9.17, 15) is 4.79 Å². The SMILES string of the molecule is O=C(O)C1CN(c2ccncc2Br)C1. The average molecular weight is 257 g/mol. The number of carbonyl (C=O) groups is 1. The first-order valence-corrected chi connectivity index (χ1v) is 5.05. The molecule has 0 spiro atoms.